The number of rotatable bonds is 6. The summed E-state index contributed by atoms with van der Waals surface area (Å²) < 4.78 is 29.0. The van der Waals surface area contributed by atoms with Gasteiger partial charge >= 0.3 is 0 Å². The quantitative estimate of drug-likeness (QED) is 0.447. The number of nitrogens with one attached hydrogen (secondary N) is 3. The highest BCUT2D eigenvalue weighted by Gasteiger charge is 2.37. The predicted octanol–water partition coefficient (Wildman–Crippen LogP) is 3.23. The SMILES string of the molecule is Cc1n[nH]c(C)c1-c1ccc(S(=O)(=O)NC2CCC(C(=O)N3CC(=O)NC[C@@H]3c3ccccc3)CC2)cc1. The molecule has 200 valence electrons. The fourth-order valence-corrected chi connectivity index (χ4v) is 6.91. The standard InChI is InChI=1S/C28H33N5O4S/c1-18-27(19(2)31-30-18)21-10-14-24(15-11-21)38(36,37)32-23-12-8-22(9-13-23)28(35)33-17-26(34)29-16-25(33)20-6-4-3-5-7-20/h3-7,10-11,14-15,22-23,25,32H,8-9,12-13,16-17H2,1-2H3,(H,29,34)(H,30,31)/t22?,23?,25-/m1/s1. The van der Waals surface area contributed by atoms with Gasteiger partial charge in [-0.2, -0.15) is 5.10 Å². The van der Waals surface area contributed by atoms with Gasteiger partial charge in [-0.3, -0.25) is 14.7 Å². The minimum atomic E-state index is -3.70. The van der Waals surface area contributed by atoms with Gasteiger partial charge in [0.2, 0.25) is 21.8 Å². The lowest BCUT2D eigenvalue weighted by Crippen LogP contribution is -2.54. The van der Waals surface area contributed by atoms with Crippen LogP contribution in [0.2, 0.25) is 0 Å². The molecule has 3 aromatic rings. The van der Waals surface area contributed by atoms with Gasteiger partial charge in [-0.15, -0.1) is 0 Å². The van der Waals surface area contributed by atoms with Crippen LogP contribution in [0.1, 0.15) is 48.7 Å². The molecule has 5 rings (SSSR count). The van der Waals surface area contributed by atoms with Gasteiger partial charge in [0, 0.05) is 29.8 Å². The summed E-state index contributed by atoms with van der Waals surface area (Å²) in [4.78, 5) is 27.5. The summed E-state index contributed by atoms with van der Waals surface area (Å²) >= 11 is 0. The Balaban J connectivity index is 1.21. The minimum Gasteiger partial charge on any atom is -0.352 e. The monoisotopic (exact) mass is 535 g/mol. The van der Waals surface area contributed by atoms with Crippen LogP contribution in [0, 0.1) is 19.8 Å². The highest BCUT2D eigenvalue weighted by Crippen LogP contribution is 2.32. The van der Waals surface area contributed by atoms with Gasteiger partial charge in [0.1, 0.15) is 6.54 Å². The molecule has 2 fully saturated rings. The molecule has 0 bridgehead atoms. The first kappa shape index (κ1) is 26.1. The molecule has 2 aliphatic rings. The molecule has 0 spiro atoms. The van der Waals surface area contributed by atoms with E-state index < -0.39 is 10.0 Å². The number of piperazine rings is 1. The molecular weight excluding hydrogens is 502 g/mol. The van der Waals surface area contributed by atoms with Crippen molar-refractivity contribution >= 4 is 21.8 Å². The van der Waals surface area contributed by atoms with Crippen molar-refractivity contribution in [2.75, 3.05) is 13.1 Å². The van der Waals surface area contributed by atoms with Crippen LogP contribution in [0.3, 0.4) is 0 Å². The van der Waals surface area contributed by atoms with Crippen molar-refractivity contribution in [3.63, 3.8) is 0 Å². The Morgan fingerprint density at radius 3 is 2.32 bits per heavy atom. The molecule has 1 saturated heterocycles. The third kappa shape index (κ3) is 5.37. The number of hydrogen-bond donors (Lipinski definition) is 3. The van der Waals surface area contributed by atoms with Crippen LogP contribution in [0.25, 0.3) is 11.1 Å². The number of H-pyrrole nitrogens is 1. The second-order valence-corrected chi connectivity index (χ2v) is 11.9. The van der Waals surface area contributed by atoms with E-state index in [1.807, 2.05) is 44.2 Å². The van der Waals surface area contributed by atoms with E-state index in [1.54, 1.807) is 29.2 Å². The van der Waals surface area contributed by atoms with Crippen LogP contribution in [-0.2, 0) is 19.6 Å². The predicted molar refractivity (Wildman–Crippen MR) is 143 cm³/mol. The smallest absolute Gasteiger partial charge is 0.240 e. The fourth-order valence-electron chi connectivity index (χ4n) is 5.60. The maximum absolute atomic E-state index is 13.5. The van der Waals surface area contributed by atoms with E-state index in [4.69, 9.17) is 0 Å². The molecule has 1 aliphatic heterocycles. The zero-order valence-electron chi connectivity index (χ0n) is 21.6. The number of aromatic amines is 1. The first-order chi connectivity index (χ1) is 18.2. The van der Waals surface area contributed by atoms with Crippen LogP contribution >= 0.6 is 0 Å². The van der Waals surface area contributed by atoms with Gasteiger partial charge in [-0.25, -0.2) is 13.1 Å². The number of hydrogen-bond acceptors (Lipinski definition) is 5. The number of aryl methyl sites for hydroxylation is 2. The number of benzene rings is 2. The summed E-state index contributed by atoms with van der Waals surface area (Å²) in [6.07, 6.45) is 2.28. The molecule has 2 aromatic carbocycles. The third-order valence-corrected chi connectivity index (χ3v) is 9.17. The molecule has 0 unspecified atom stereocenters. The molecule has 2 heterocycles. The fraction of sp³-hybridized carbons (Fsp3) is 0.393. The molecule has 1 saturated carbocycles. The molecule has 1 aliphatic carbocycles. The van der Waals surface area contributed by atoms with E-state index in [1.165, 1.54) is 0 Å². The maximum Gasteiger partial charge on any atom is 0.240 e. The number of amides is 2. The van der Waals surface area contributed by atoms with Gasteiger partial charge in [-0.1, -0.05) is 42.5 Å². The van der Waals surface area contributed by atoms with Crippen LogP contribution < -0.4 is 10.0 Å². The summed E-state index contributed by atoms with van der Waals surface area (Å²) in [7, 11) is -3.70. The van der Waals surface area contributed by atoms with Crippen molar-refractivity contribution in [3.05, 3.63) is 71.5 Å². The van der Waals surface area contributed by atoms with Crippen LogP contribution in [-0.4, -0.2) is 54.5 Å². The van der Waals surface area contributed by atoms with Gasteiger partial charge in [0.05, 0.1) is 16.6 Å². The second-order valence-electron chi connectivity index (χ2n) is 10.2. The normalized spacial score (nSPS) is 22.2. The van der Waals surface area contributed by atoms with E-state index >= 15 is 0 Å². The molecule has 3 N–H and O–H groups in total. The highest BCUT2D eigenvalue weighted by molar-refractivity contribution is 7.89. The molecule has 38 heavy (non-hydrogen) atoms. The zero-order valence-corrected chi connectivity index (χ0v) is 22.4. The van der Waals surface area contributed by atoms with Gasteiger partial charge in [0.15, 0.2) is 0 Å². The second kappa shape index (κ2) is 10.7. The Morgan fingerprint density at radius 2 is 1.68 bits per heavy atom. The average Bonchev–Trinajstić information content (AvgIpc) is 3.26. The Hall–Kier alpha value is -3.50. The van der Waals surface area contributed by atoms with E-state index in [0.717, 1.165) is 28.1 Å². The Bertz CT molecular complexity index is 1390. The number of carbonyl (C=O) groups excluding carboxylic acids is 2. The molecule has 9 nitrogen and oxygen atoms in total. The van der Waals surface area contributed by atoms with Crippen LogP contribution in [0.5, 0.6) is 0 Å². The van der Waals surface area contributed by atoms with E-state index in [2.05, 4.69) is 20.2 Å². The van der Waals surface area contributed by atoms with E-state index in [9.17, 15) is 18.0 Å². The first-order valence-electron chi connectivity index (χ1n) is 13.0. The number of nitrogens with zero attached hydrogens (tertiary/aromatic N) is 2. The summed E-state index contributed by atoms with van der Waals surface area (Å²) in [5.74, 6) is -0.417. The molecule has 1 aromatic heterocycles. The summed E-state index contributed by atoms with van der Waals surface area (Å²) in [5.41, 5.74) is 4.68. The molecular formula is C28H33N5O4S. The lowest BCUT2D eigenvalue weighted by Gasteiger charge is -2.39. The summed E-state index contributed by atoms with van der Waals surface area (Å²) in [6.45, 7) is 4.28. The van der Waals surface area contributed by atoms with Crippen molar-refractivity contribution in [1.82, 2.24) is 25.1 Å². The zero-order chi connectivity index (χ0) is 26.9. The lowest BCUT2D eigenvalue weighted by atomic mass is 9.85. The first-order valence-corrected chi connectivity index (χ1v) is 14.5. The van der Waals surface area contributed by atoms with Crippen molar-refractivity contribution in [2.45, 2.75) is 56.5 Å². The van der Waals surface area contributed by atoms with Crippen molar-refractivity contribution in [2.24, 2.45) is 5.92 Å². The number of carbonyl (C=O) groups is 2. The maximum atomic E-state index is 13.5. The Kier molecular flexibility index (Phi) is 7.36. The molecule has 1 atom stereocenters. The highest BCUT2D eigenvalue weighted by atomic mass is 32.2. The van der Waals surface area contributed by atoms with E-state index in [-0.39, 0.29) is 41.3 Å². The van der Waals surface area contributed by atoms with Gasteiger partial charge in [-0.05, 0) is 62.8 Å². The topological polar surface area (TPSA) is 124 Å². The summed E-state index contributed by atoms with van der Waals surface area (Å²) in [6, 6.07) is 16.1. The van der Waals surface area contributed by atoms with Crippen molar-refractivity contribution in [3.8, 4) is 11.1 Å². The van der Waals surface area contributed by atoms with Crippen LogP contribution in [0.4, 0.5) is 0 Å². The van der Waals surface area contributed by atoms with Crippen molar-refractivity contribution in [1.29, 1.82) is 0 Å². The van der Waals surface area contributed by atoms with Crippen molar-refractivity contribution < 1.29 is 18.0 Å². The molecule has 10 heteroatoms. The van der Waals surface area contributed by atoms with Crippen LogP contribution in [0.15, 0.2) is 59.5 Å². The number of sulfonamides is 1. The Labute approximate surface area is 223 Å². The Morgan fingerprint density at radius 1 is 1.00 bits per heavy atom. The van der Waals surface area contributed by atoms with E-state index in [0.29, 0.717) is 32.2 Å². The summed E-state index contributed by atoms with van der Waals surface area (Å²) in [5, 5.41) is 10.0. The average molecular weight is 536 g/mol. The van der Waals surface area contributed by atoms with Gasteiger partial charge < -0.3 is 10.2 Å². The largest absolute Gasteiger partial charge is 0.352 e. The lowest BCUT2D eigenvalue weighted by molar-refractivity contribution is -0.145. The molecule has 0 radical (unpaired) electrons. The minimum absolute atomic E-state index is 0.0320. The van der Waals surface area contributed by atoms with Gasteiger partial charge in [0.25, 0.3) is 0 Å². The molecule has 2 amide bonds. The third-order valence-electron chi connectivity index (χ3n) is 7.63. The number of aromatic nitrogens is 2.